The van der Waals surface area contributed by atoms with Crippen LogP contribution in [0.4, 0.5) is 0 Å². The van der Waals surface area contributed by atoms with Crippen molar-refractivity contribution in [2.45, 2.75) is 51.9 Å². The molecule has 0 aliphatic carbocycles. The van der Waals surface area contributed by atoms with Crippen LogP contribution in [0.2, 0.25) is 0 Å². The highest BCUT2D eigenvalue weighted by molar-refractivity contribution is 5.73. The topological polar surface area (TPSA) is 35.5 Å². The summed E-state index contributed by atoms with van der Waals surface area (Å²) in [6.45, 7) is 2.20. The molecule has 1 aromatic carbocycles. The van der Waals surface area contributed by atoms with E-state index >= 15 is 0 Å². The quantitative estimate of drug-likeness (QED) is 0.378. The van der Waals surface area contributed by atoms with E-state index in [1.807, 2.05) is 12.1 Å². The van der Waals surface area contributed by atoms with Crippen molar-refractivity contribution < 1.29 is 14.3 Å². The third-order valence-electron chi connectivity index (χ3n) is 3.03. The van der Waals surface area contributed by atoms with Crippen LogP contribution < -0.4 is 9.47 Å². The van der Waals surface area contributed by atoms with E-state index in [1.54, 1.807) is 19.2 Å². The molecule has 0 fully saturated rings. The summed E-state index contributed by atoms with van der Waals surface area (Å²) < 4.78 is 10.4. The van der Waals surface area contributed by atoms with Crippen molar-refractivity contribution in [1.29, 1.82) is 0 Å². The van der Waals surface area contributed by atoms with Gasteiger partial charge >= 0.3 is 5.97 Å². The first-order chi connectivity index (χ1) is 9.27. The highest BCUT2D eigenvalue weighted by Crippen LogP contribution is 2.26. The second-order valence-corrected chi connectivity index (χ2v) is 4.64. The molecule has 1 rings (SSSR count). The van der Waals surface area contributed by atoms with E-state index in [-0.39, 0.29) is 5.97 Å². The third-order valence-corrected chi connectivity index (χ3v) is 3.03. The molecule has 0 radical (unpaired) electrons. The van der Waals surface area contributed by atoms with Gasteiger partial charge in [0.25, 0.3) is 0 Å². The lowest BCUT2D eigenvalue weighted by atomic mass is 10.1. The number of esters is 1. The Kier molecular flexibility index (Phi) is 7.71. The van der Waals surface area contributed by atoms with Crippen molar-refractivity contribution in [2.75, 3.05) is 7.11 Å². The SMILES string of the molecule is CCCCCCCCC(=O)Oc1ccccc1OC. The van der Waals surface area contributed by atoms with E-state index in [0.29, 0.717) is 17.9 Å². The Morgan fingerprint density at radius 3 is 2.32 bits per heavy atom. The van der Waals surface area contributed by atoms with Crippen LogP contribution in [0.1, 0.15) is 51.9 Å². The average molecular weight is 264 g/mol. The van der Waals surface area contributed by atoms with Gasteiger partial charge in [-0.1, -0.05) is 51.2 Å². The van der Waals surface area contributed by atoms with Gasteiger partial charge in [0, 0.05) is 6.42 Å². The van der Waals surface area contributed by atoms with E-state index < -0.39 is 0 Å². The fourth-order valence-electron chi connectivity index (χ4n) is 1.93. The summed E-state index contributed by atoms with van der Waals surface area (Å²) in [7, 11) is 1.57. The van der Waals surface area contributed by atoms with Crippen LogP contribution in [-0.2, 0) is 4.79 Å². The predicted octanol–water partition coefficient (Wildman–Crippen LogP) is 4.35. The number of rotatable bonds is 9. The molecule has 0 amide bonds. The molecule has 3 heteroatoms. The van der Waals surface area contributed by atoms with E-state index in [0.717, 1.165) is 12.8 Å². The lowest BCUT2D eigenvalue weighted by Crippen LogP contribution is -2.08. The van der Waals surface area contributed by atoms with Crippen LogP contribution in [0.15, 0.2) is 24.3 Å². The van der Waals surface area contributed by atoms with Gasteiger partial charge < -0.3 is 9.47 Å². The molecule has 0 spiro atoms. The summed E-state index contributed by atoms with van der Waals surface area (Å²) in [5.41, 5.74) is 0. The lowest BCUT2D eigenvalue weighted by Gasteiger charge is -2.08. The number of ether oxygens (including phenoxy) is 2. The van der Waals surface area contributed by atoms with Crippen molar-refractivity contribution in [1.82, 2.24) is 0 Å². The molecule has 0 aromatic heterocycles. The van der Waals surface area contributed by atoms with Gasteiger partial charge in [-0.05, 0) is 18.6 Å². The Hall–Kier alpha value is -1.51. The largest absolute Gasteiger partial charge is 0.493 e. The predicted molar refractivity (Wildman–Crippen MR) is 76.6 cm³/mol. The van der Waals surface area contributed by atoms with E-state index in [1.165, 1.54) is 25.7 Å². The summed E-state index contributed by atoms with van der Waals surface area (Å²) >= 11 is 0. The fourth-order valence-corrected chi connectivity index (χ4v) is 1.93. The molecule has 0 aliphatic rings. The van der Waals surface area contributed by atoms with Crippen LogP contribution in [0.25, 0.3) is 0 Å². The Balaban J connectivity index is 2.23. The molecule has 0 heterocycles. The van der Waals surface area contributed by atoms with Gasteiger partial charge in [-0.25, -0.2) is 0 Å². The molecule has 106 valence electrons. The zero-order valence-corrected chi connectivity index (χ0v) is 12.0. The van der Waals surface area contributed by atoms with Crippen molar-refractivity contribution in [3.8, 4) is 11.5 Å². The van der Waals surface area contributed by atoms with Gasteiger partial charge in [-0.3, -0.25) is 4.79 Å². The van der Waals surface area contributed by atoms with Crippen LogP contribution >= 0.6 is 0 Å². The second kappa shape index (κ2) is 9.42. The smallest absolute Gasteiger partial charge is 0.311 e. The van der Waals surface area contributed by atoms with Crippen LogP contribution in [-0.4, -0.2) is 13.1 Å². The van der Waals surface area contributed by atoms with Crippen molar-refractivity contribution in [3.63, 3.8) is 0 Å². The summed E-state index contributed by atoms with van der Waals surface area (Å²) in [6.07, 6.45) is 7.47. The molecule has 19 heavy (non-hydrogen) atoms. The maximum atomic E-state index is 11.7. The van der Waals surface area contributed by atoms with Gasteiger partial charge in [-0.2, -0.15) is 0 Å². The van der Waals surface area contributed by atoms with E-state index in [9.17, 15) is 4.79 Å². The number of hydrogen-bond acceptors (Lipinski definition) is 3. The van der Waals surface area contributed by atoms with Crippen LogP contribution in [0, 0.1) is 0 Å². The average Bonchev–Trinajstić information content (AvgIpc) is 2.43. The number of carbonyl (C=O) groups is 1. The number of hydrogen-bond donors (Lipinski definition) is 0. The summed E-state index contributed by atoms with van der Waals surface area (Å²) in [5.74, 6) is 0.916. The van der Waals surface area contributed by atoms with Crippen LogP contribution in [0.5, 0.6) is 11.5 Å². The number of unbranched alkanes of at least 4 members (excludes halogenated alkanes) is 5. The Morgan fingerprint density at radius 2 is 1.63 bits per heavy atom. The van der Waals surface area contributed by atoms with Gasteiger partial charge in [0.15, 0.2) is 11.5 Å². The van der Waals surface area contributed by atoms with Gasteiger partial charge in [0.05, 0.1) is 7.11 Å². The van der Waals surface area contributed by atoms with Gasteiger partial charge in [0.2, 0.25) is 0 Å². The maximum Gasteiger partial charge on any atom is 0.311 e. The van der Waals surface area contributed by atoms with Crippen LogP contribution in [0.3, 0.4) is 0 Å². The summed E-state index contributed by atoms with van der Waals surface area (Å²) in [5, 5.41) is 0. The molecular formula is C16H24O3. The number of benzene rings is 1. The van der Waals surface area contributed by atoms with Crippen molar-refractivity contribution in [3.05, 3.63) is 24.3 Å². The highest BCUT2D eigenvalue weighted by atomic mass is 16.6. The Labute approximate surface area is 115 Å². The van der Waals surface area contributed by atoms with Gasteiger partial charge in [0.1, 0.15) is 0 Å². The first kappa shape index (κ1) is 15.5. The molecule has 0 unspecified atom stereocenters. The first-order valence-electron chi connectivity index (χ1n) is 7.11. The van der Waals surface area contributed by atoms with Crippen molar-refractivity contribution >= 4 is 5.97 Å². The minimum atomic E-state index is -0.181. The van der Waals surface area contributed by atoms with E-state index in [2.05, 4.69) is 6.92 Å². The molecule has 0 atom stereocenters. The summed E-state index contributed by atoms with van der Waals surface area (Å²) in [4.78, 5) is 11.7. The second-order valence-electron chi connectivity index (χ2n) is 4.64. The number of methoxy groups -OCH3 is 1. The fraction of sp³-hybridized carbons (Fsp3) is 0.562. The molecule has 0 saturated heterocycles. The molecule has 0 aliphatic heterocycles. The third kappa shape index (κ3) is 6.27. The normalized spacial score (nSPS) is 10.2. The molecule has 0 N–H and O–H groups in total. The number of carbonyl (C=O) groups excluding carboxylic acids is 1. The Bertz CT molecular complexity index is 374. The lowest BCUT2D eigenvalue weighted by molar-refractivity contribution is -0.134. The molecule has 3 nitrogen and oxygen atoms in total. The number of para-hydroxylation sites is 2. The van der Waals surface area contributed by atoms with E-state index in [4.69, 9.17) is 9.47 Å². The molecule has 0 bridgehead atoms. The minimum absolute atomic E-state index is 0.181. The van der Waals surface area contributed by atoms with Gasteiger partial charge in [-0.15, -0.1) is 0 Å². The highest BCUT2D eigenvalue weighted by Gasteiger charge is 2.08. The van der Waals surface area contributed by atoms with Crippen molar-refractivity contribution in [2.24, 2.45) is 0 Å². The zero-order valence-electron chi connectivity index (χ0n) is 12.0. The summed E-state index contributed by atoms with van der Waals surface area (Å²) in [6, 6.07) is 7.21. The standard InChI is InChI=1S/C16H24O3/c1-3-4-5-6-7-8-13-16(17)19-15-12-10-9-11-14(15)18-2/h9-12H,3-8,13H2,1-2H3. The zero-order chi connectivity index (χ0) is 13.9. The molecular weight excluding hydrogens is 240 g/mol. The monoisotopic (exact) mass is 264 g/mol. The Morgan fingerprint density at radius 1 is 1.00 bits per heavy atom. The minimum Gasteiger partial charge on any atom is -0.493 e. The molecule has 1 aromatic rings. The first-order valence-corrected chi connectivity index (χ1v) is 7.11. The molecule has 0 saturated carbocycles. The maximum absolute atomic E-state index is 11.7.